The van der Waals surface area contributed by atoms with E-state index in [2.05, 4.69) is 0 Å². The first kappa shape index (κ1) is 13.1. The van der Waals surface area contributed by atoms with Gasteiger partial charge in [-0.3, -0.25) is 4.79 Å². The number of halogens is 3. The molecule has 0 amide bonds. The molecule has 0 aliphatic heterocycles. The summed E-state index contributed by atoms with van der Waals surface area (Å²) in [6.45, 7) is 1.62. The lowest BCUT2D eigenvalue weighted by Crippen LogP contribution is -2.09. The van der Waals surface area contributed by atoms with Crippen molar-refractivity contribution in [3.63, 3.8) is 0 Å². The molecule has 0 heterocycles. The highest BCUT2D eigenvalue weighted by molar-refractivity contribution is 7.98. The van der Waals surface area contributed by atoms with Crippen molar-refractivity contribution in [3.8, 4) is 0 Å². The monoisotopic (exact) mass is 248 g/mol. The summed E-state index contributed by atoms with van der Waals surface area (Å²) in [4.78, 5) is 11.5. The summed E-state index contributed by atoms with van der Waals surface area (Å²) in [7, 11) is 0. The zero-order valence-electron chi connectivity index (χ0n) is 8.89. The molecular weight excluding hydrogens is 237 g/mol. The van der Waals surface area contributed by atoms with E-state index in [4.69, 9.17) is 0 Å². The van der Waals surface area contributed by atoms with Gasteiger partial charge in [0.15, 0.2) is 5.78 Å². The van der Waals surface area contributed by atoms with E-state index in [9.17, 15) is 18.0 Å². The summed E-state index contributed by atoms with van der Waals surface area (Å²) < 4.78 is 38.0. The molecule has 0 aliphatic rings. The number of alkyl halides is 3. The normalized spacial score (nSPS) is 11.6. The quantitative estimate of drug-likeness (QED) is 0.593. The molecule has 0 N–H and O–H groups in total. The van der Waals surface area contributed by atoms with Crippen molar-refractivity contribution in [2.24, 2.45) is 0 Å². The molecule has 0 saturated heterocycles. The number of benzene rings is 1. The smallest absolute Gasteiger partial charge is 0.294 e. The van der Waals surface area contributed by atoms with Crippen molar-refractivity contribution in [2.75, 3.05) is 6.26 Å². The van der Waals surface area contributed by atoms with Gasteiger partial charge >= 0.3 is 6.18 Å². The molecule has 0 aromatic heterocycles. The Morgan fingerprint density at radius 3 is 2.44 bits per heavy atom. The van der Waals surface area contributed by atoms with Crippen LogP contribution in [0.5, 0.6) is 0 Å². The number of carbonyl (C=O) groups excluding carboxylic acids is 1. The molecule has 88 valence electrons. The Balaban J connectivity index is 3.27. The molecule has 0 spiro atoms. The minimum absolute atomic E-state index is 0.118. The fraction of sp³-hybridized carbons (Fsp3) is 0.364. The minimum Gasteiger partial charge on any atom is -0.294 e. The fourth-order valence-corrected chi connectivity index (χ4v) is 1.91. The van der Waals surface area contributed by atoms with Crippen LogP contribution < -0.4 is 0 Å². The molecule has 0 saturated carbocycles. The van der Waals surface area contributed by atoms with E-state index >= 15 is 0 Å². The second kappa shape index (κ2) is 4.91. The van der Waals surface area contributed by atoms with Crippen LogP contribution in [0.15, 0.2) is 23.1 Å². The summed E-state index contributed by atoms with van der Waals surface area (Å²) in [5, 5.41) is 0. The standard InChI is InChI=1S/C11H11F3OS/c1-3-9(15)7-4-5-10(16-2)8(6-7)11(12,13)14/h4-6H,3H2,1-2H3. The molecule has 1 aromatic rings. The molecule has 0 unspecified atom stereocenters. The third-order valence-corrected chi connectivity index (χ3v) is 2.94. The molecule has 0 fully saturated rings. The number of Topliss-reactive ketones (excluding diaryl/α,β-unsaturated/α-hetero) is 1. The van der Waals surface area contributed by atoms with Gasteiger partial charge in [-0.15, -0.1) is 11.8 Å². The summed E-state index contributed by atoms with van der Waals surface area (Å²) >= 11 is 1.02. The summed E-state index contributed by atoms with van der Waals surface area (Å²) in [5.74, 6) is -0.279. The zero-order valence-corrected chi connectivity index (χ0v) is 9.71. The topological polar surface area (TPSA) is 17.1 Å². The number of thioether (sulfide) groups is 1. The lowest BCUT2D eigenvalue weighted by molar-refractivity contribution is -0.139. The maximum absolute atomic E-state index is 12.7. The van der Waals surface area contributed by atoms with Crippen LogP contribution in [0.4, 0.5) is 13.2 Å². The maximum Gasteiger partial charge on any atom is 0.417 e. The molecule has 16 heavy (non-hydrogen) atoms. The van der Waals surface area contributed by atoms with Crippen molar-refractivity contribution in [1.82, 2.24) is 0 Å². The Hall–Kier alpha value is -0.970. The van der Waals surface area contributed by atoms with Crippen LogP contribution in [0, 0.1) is 0 Å². The largest absolute Gasteiger partial charge is 0.417 e. The Morgan fingerprint density at radius 2 is 2.00 bits per heavy atom. The average Bonchev–Trinajstić information content (AvgIpc) is 2.26. The van der Waals surface area contributed by atoms with E-state index in [0.29, 0.717) is 0 Å². The van der Waals surface area contributed by atoms with Crippen molar-refractivity contribution >= 4 is 17.5 Å². The molecule has 0 radical (unpaired) electrons. The van der Waals surface area contributed by atoms with Crippen LogP contribution in [0.3, 0.4) is 0 Å². The first-order chi connectivity index (χ1) is 7.40. The Labute approximate surface area is 96.0 Å². The number of rotatable bonds is 3. The fourth-order valence-electron chi connectivity index (χ4n) is 1.31. The number of ketones is 1. The molecule has 1 rings (SSSR count). The van der Waals surface area contributed by atoms with E-state index < -0.39 is 11.7 Å². The first-order valence-electron chi connectivity index (χ1n) is 4.68. The molecule has 5 heteroatoms. The van der Waals surface area contributed by atoms with E-state index in [1.54, 1.807) is 13.2 Å². The maximum atomic E-state index is 12.7. The van der Waals surface area contributed by atoms with Crippen molar-refractivity contribution in [2.45, 2.75) is 24.4 Å². The van der Waals surface area contributed by atoms with Gasteiger partial charge in [0.05, 0.1) is 5.56 Å². The van der Waals surface area contributed by atoms with E-state index in [0.717, 1.165) is 17.8 Å². The number of carbonyl (C=O) groups is 1. The highest BCUT2D eigenvalue weighted by Crippen LogP contribution is 2.36. The molecule has 1 nitrogen and oxygen atoms in total. The van der Waals surface area contributed by atoms with E-state index in [1.807, 2.05) is 0 Å². The van der Waals surface area contributed by atoms with Crippen molar-refractivity contribution in [3.05, 3.63) is 29.3 Å². The van der Waals surface area contributed by atoms with Gasteiger partial charge in [-0.1, -0.05) is 13.0 Å². The summed E-state index contributed by atoms with van der Waals surface area (Å²) in [6, 6.07) is 3.71. The van der Waals surface area contributed by atoms with Crippen molar-refractivity contribution < 1.29 is 18.0 Å². The van der Waals surface area contributed by atoms with Gasteiger partial charge in [0.25, 0.3) is 0 Å². The highest BCUT2D eigenvalue weighted by atomic mass is 32.2. The minimum atomic E-state index is -4.41. The second-order valence-electron chi connectivity index (χ2n) is 3.19. The zero-order chi connectivity index (χ0) is 12.3. The first-order valence-corrected chi connectivity index (χ1v) is 5.91. The van der Waals surface area contributed by atoms with Gasteiger partial charge in [-0.05, 0) is 18.4 Å². The predicted octanol–water partition coefficient (Wildman–Crippen LogP) is 4.02. The van der Waals surface area contributed by atoms with Crippen LogP contribution in [-0.4, -0.2) is 12.0 Å². The third kappa shape index (κ3) is 2.78. The number of hydrogen-bond donors (Lipinski definition) is 0. The Bertz CT molecular complexity index is 399. The van der Waals surface area contributed by atoms with Gasteiger partial charge < -0.3 is 0 Å². The average molecular weight is 248 g/mol. The molecule has 0 bridgehead atoms. The van der Waals surface area contributed by atoms with Gasteiger partial charge in [0.1, 0.15) is 0 Å². The van der Waals surface area contributed by atoms with Gasteiger partial charge in [-0.2, -0.15) is 13.2 Å². The molecule has 0 atom stereocenters. The molecule has 0 aliphatic carbocycles. The van der Waals surface area contributed by atoms with E-state index in [-0.39, 0.29) is 22.7 Å². The molecule has 1 aromatic carbocycles. The van der Waals surface area contributed by atoms with Crippen molar-refractivity contribution in [1.29, 1.82) is 0 Å². The molecular formula is C11H11F3OS. The summed E-state index contributed by atoms with van der Waals surface area (Å²) in [5.41, 5.74) is -0.619. The Kier molecular flexibility index (Phi) is 4.02. The van der Waals surface area contributed by atoms with Crippen LogP contribution in [0.25, 0.3) is 0 Å². The lowest BCUT2D eigenvalue weighted by Gasteiger charge is -2.12. The van der Waals surface area contributed by atoms with Gasteiger partial charge in [-0.25, -0.2) is 0 Å². The lowest BCUT2D eigenvalue weighted by atomic mass is 10.1. The van der Waals surface area contributed by atoms with Gasteiger partial charge in [0, 0.05) is 16.9 Å². The van der Waals surface area contributed by atoms with Crippen LogP contribution in [-0.2, 0) is 6.18 Å². The number of hydrogen-bond acceptors (Lipinski definition) is 2. The van der Waals surface area contributed by atoms with Crippen LogP contribution in [0.2, 0.25) is 0 Å². The van der Waals surface area contributed by atoms with Crippen LogP contribution >= 0.6 is 11.8 Å². The summed E-state index contributed by atoms with van der Waals surface area (Å²) in [6.07, 6.45) is -2.63. The highest BCUT2D eigenvalue weighted by Gasteiger charge is 2.33. The van der Waals surface area contributed by atoms with E-state index in [1.165, 1.54) is 12.1 Å². The third-order valence-electron chi connectivity index (χ3n) is 2.15. The van der Waals surface area contributed by atoms with Crippen LogP contribution in [0.1, 0.15) is 29.3 Å². The predicted molar refractivity (Wildman–Crippen MR) is 57.8 cm³/mol. The van der Waals surface area contributed by atoms with Gasteiger partial charge in [0.2, 0.25) is 0 Å². The Morgan fingerprint density at radius 1 is 1.38 bits per heavy atom. The second-order valence-corrected chi connectivity index (χ2v) is 4.04. The SMILES string of the molecule is CCC(=O)c1ccc(SC)c(C(F)(F)F)c1.